The molecule has 3 aromatic rings. The zero-order valence-electron chi connectivity index (χ0n) is 18.7. The Bertz CT molecular complexity index is 1180. The van der Waals surface area contributed by atoms with E-state index in [1.165, 1.54) is 16.7 Å². The summed E-state index contributed by atoms with van der Waals surface area (Å²) in [4.78, 5) is 29.0. The van der Waals surface area contributed by atoms with Gasteiger partial charge in [-0.1, -0.05) is 60.7 Å². The average Bonchev–Trinajstić information content (AvgIpc) is 3.27. The molecule has 1 atom stereocenters. The van der Waals surface area contributed by atoms with E-state index in [-0.39, 0.29) is 18.2 Å². The molecule has 6 nitrogen and oxygen atoms in total. The highest BCUT2D eigenvalue weighted by Gasteiger charge is 2.31. The van der Waals surface area contributed by atoms with E-state index in [2.05, 4.69) is 35.6 Å². The molecular weight excluding hydrogens is 414 g/mol. The molecule has 2 aliphatic heterocycles. The van der Waals surface area contributed by atoms with Gasteiger partial charge in [-0.3, -0.25) is 4.90 Å². The van der Waals surface area contributed by atoms with E-state index in [0.717, 1.165) is 24.1 Å². The van der Waals surface area contributed by atoms with Crippen molar-refractivity contribution < 1.29 is 14.3 Å². The van der Waals surface area contributed by atoms with Crippen molar-refractivity contribution in [1.82, 2.24) is 4.90 Å². The molecule has 0 bridgehead atoms. The summed E-state index contributed by atoms with van der Waals surface area (Å²) in [6.45, 7) is 3.49. The van der Waals surface area contributed by atoms with Gasteiger partial charge in [0.1, 0.15) is 6.61 Å². The van der Waals surface area contributed by atoms with Crippen LogP contribution in [0, 0.1) is 6.92 Å². The lowest BCUT2D eigenvalue weighted by Crippen LogP contribution is -2.43. The Morgan fingerprint density at radius 1 is 1.03 bits per heavy atom. The van der Waals surface area contributed by atoms with Crippen molar-refractivity contribution in [1.29, 1.82) is 0 Å². The number of ether oxygens (including phenoxy) is 1. The molecule has 3 amide bonds. The number of rotatable bonds is 4. The second kappa shape index (κ2) is 8.98. The molecule has 168 valence electrons. The van der Waals surface area contributed by atoms with Crippen LogP contribution in [0.4, 0.5) is 21.0 Å². The smallest absolute Gasteiger partial charge is 0.414 e. The first-order valence-corrected chi connectivity index (χ1v) is 11.3. The lowest BCUT2D eigenvalue weighted by atomic mass is 9.89. The van der Waals surface area contributed by atoms with Gasteiger partial charge in [-0.15, -0.1) is 0 Å². The predicted octanol–water partition coefficient (Wildman–Crippen LogP) is 5.33. The minimum absolute atomic E-state index is 0.0469. The fraction of sp³-hybridized carbons (Fsp3) is 0.259. The summed E-state index contributed by atoms with van der Waals surface area (Å²) in [5.41, 5.74) is 6.07. The molecule has 0 aliphatic carbocycles. The maximum Gasteiger partial charge on any atom is 0.414 e. The van der Waals surface area contributed by atoms with Crippen molar-refractivity contribution >= 4 is 23.5 Å². The monoisotopic (exact) mass is 441 g/mol. The fourth-order valence-corrected chi connectivity index (χ4v) is 4.68. The summed E-state index contributed by atoms with van der Waals surface area (Å²) >= 11 is 0. The van der Waals surface area contributed by atoms with Crippen LogP contribution < -0.4 is 10.2 Å². The molecule has 2 aliphatic rings. The van der Waals surface area contributed by atoms with Crippen molar-refractivity contribution in [2.75, 3.05) is 29.9 Å². The van der Waals surface area contributed by atoms with Crippen LogP contribution in [0.15, 0.2) is 72.8 Å². The Kier molecular flexibility index (Phi) is 5.73. The molecule has 5 rings (SSSR count). The van der Waals surface area contributed by atoms with E-state index in [9.17, 15) is 9.59 Å². The number of nitrogens with one attached hydrogen (secondary N) is 1. The second-order valence-corrected chi connectivity index (χ2v) is 8.54. The van der Waals surface area contributed by atoms with Crippen LogP contribution in [-0.2, 0) is 17.6 Å². The van der Waals surface area contributed by atoms with Crippen LogP contribution >= 0.6 is 0 Å². The van der Waals surface area contributed by atoms with Gasteiger partial charge in [0.15, 0.2) is 0 Å². The van der Waals surface area contributed by atoms with E-state index in [0.29, 0.717) is 25.4 Å². The van der Waals surface area contributed by atoms with E-state index in [1.807, 2.05) is 54.3 Å². The van der Waals surface area contributed by atoms with Crippen molar-refractivity contribution in [3.63, 3.8) is 0 Å². The molecule has 0 saturated carbocycles. The quantitative estimate of drug-likeness (QED) is 0.596. The Hall–Kier alpha value is -3.80. The first-order chi connectivity index (χ1) is 16.1. The number of benzene rings is 3. The van der Waals surface area contributed by atoms with Crippen molar-refractivity contribution in [2.45, 2.75) is 25.8 Å². The van der Waals surface area contributed by atoms with Crippen LogP contribution in [0.2, 0.25) is 0 Å². The van der Waals surface area contributed by atoms with Gasteiger partial charge in [0, 0.05) is 17.9 Å². The summed E-state index contributed by atoms with van der Waals surface area (Å²) < 4.78 is 5.06. The standard InChI is InChI=1S/C27H27N3O3/c1-19-11-12-22(29-15-16-33-27(29)32)18-24(19)28-26(31)30-14-13-21-9-5-6-10-23(21)25(30)17-20-7-3-2-4-8-20/h2-12,18,25H,13-17H2,1H3,(H,28,31). The second-order valence-electron chi connectivity index (χ2n) is 8.54. The van der Waals surface area contributed by atoms with Crippen LogP contribution in [0.25, 0.3) is 0 Å². The summed E-state index contributed by atoms with van der Waals surface area (Å²) in [7, 11) is 0. The van der Waals surface area contributed by atoms with Crippen LogP contribution in [0.1, 0.15) is 28.3 Å². The highest BCUT2D eigenvalue weighted by atomic mass is 16.6. The molecule has 1 fully saturated rings. The van der Waals surface area contributed by atoms with Gasteiger partial charge >= 0.3 is 12.1 Å². The summed E-state index contributed by atoms with van der Waals surface area (Å²) in [5, 5.41) is 3.11. The van der Waals surface area contributed by atoms with Crippen LogP contribution in [0.3, 0.4) is 0 Å². The first kappa shape index (κ1) is 21.1. The SMILES string of the molecule is Cc1ccc(N2CCOC2=O)cc1NC(=O)N1CCc2ccccc2C1Cc1ccccc1. The molecule has 1 N–H and O–H groups in total. The summed E-state index contributed by atoms with van der Waals surface area (Å²) in [5.74, 6) is 0. The van der Waals surface area contributed by atoms with Gasteiger partial charge in [0.05, 0.1) is 12.6 Å². The fourth-order valence-electron chi connectivity index (χ4n) is 4.68. The Morgan fingerprint density at radius 3 is 2.61 bits per heavy atom. The topological polar surface area (TPSA) is 61.9 Å². The number of hydrogen-bond acceptors (Lipinski definition) is 3. The Balaban J connectivity index is 1.42. The lowest BCUT2D eigenvalue weighted by Gasteiger charge is -2.37. The molecule has 3 aromatic carbocycles. The van der Waals surface area contributed by atoms with Gasteiger partial charge in [0.2, 0.25) is 0 Å². The lowest BCUT2D eigenvalue weighted by molar-refractivity contribution is 0.180. The van der Waals surface area contributed by atoms with Crippen LogP contribution in [0.5, 0.6) is 0 Å². The zero-order valence-corrected chi connectivity index (χ0v) is 18.7. The number of carbonyl (C=O) groups excluding carboxylic acids is 2. The molecule has 0 aromatic heterocycles. The van der Waals surface area contributed by atoms with E-state index >= 15 is 0 Å². The average molecular weight is 442 g/mol. The molecular formula is C27H27N3O3. The molecule has 1 saturated heterocycles. The molecule has 1 unspecified atom stereocenters. The van der Waals surface area contributed by atoms with E-state index in [4.69, 9.17) is 4.74 Å². The number of aryl methyl sites for hydroxylation is 1. The minimum Gasteiger partial charge on any atom is -0.447 e. The number of carbonyl (C=O) groups is 2. The minimum atomic E-state index is -0.355. The Labute approximate surface area is 193 Å². The number of amides is 3. The predicted molar refractivity (Wildman–Crippen MR) is 129 cm³/mol. The maximum absolute atomic E-state index is 13.5. The largest absolute Gasteiger partial charge is 0.447 e. The molecule has 6 heteroatoms. The van der Waals surface area contributed by atoms with Crippen LogP contribution in [-0.4, -0.2) is 36.7 Å². The van der Waals surface area contributed by atoms with Gasteiger partial charge in [-0.2, -0.15) is 0 Å². The number of urea groups is 1. The number of fused-ring (bicyclic) bond motifs is 1. The third-order valence-corrected chi connectivity index (χ3v) is 6.48. The van der Waals surface area contributed by atoms with Gasteiger partial charge in [-0.25, -0.2) is 9.59 Å². The van der Waals surface area contributed by atoms with Crippen molar-refractivity contribution in [3.8, 4) is 0 Å². The molecule has 33 heavy (non-hydrogen) atoms. The summed E-state index contributed by atoms with van der Waals surface area (Å²) in [6.07, 6.45) is 1.23. The third-order valence-electron chi connectivity index (χ3n) is 6.48. The molecule has 0 spiro atoms. The number of nitrogens with zero attached hydrogens (tertiary/aromatic N) is 2. The normalized spacial score (nSPS) is 17.5. The third kappa shape index (κ3) is 4.29. The number of anilines is 2. The number of hydrogen-bond donors (Lipinski definition) is 1. The van der Waals surface area contributed by atoms with E-state index < -0.39 is 0 Å². The number of cyclic esters (lactones) is 1. The highest BCUT2D eigenvalue weighted by molar-refractivity contribution is 5.94. The van der Waals surface area contributed by atoms with Crippen molar-refractivity contribution in [2.24, 2.45) is 0 Å². The molecule has 2 heterocycles. The maximum atomic E-state index is 13.5. The Morgan fingerprint density at radius 2 is 1.82 bits per heavy atom. The van der Waals surface area contributed by atoms with Crippen molar-refractivity contribution in [3.05, 3.63) is 95.1 Å². The highest BCUT2D eigenvalue weighted by Crippen LogP contribution is 2.34. The van der Waals surface area contributed by atoms with Gasteiger partial charge in [-0.05, 0) is 54.2 Å². The summed E-state index contributed by atoms with van der Waals surface area (Å²) in [6, 6.07) is 24.2. The van der Waals surface area contributed by atoms with E-state index in [1.54, 1.807) is 4.90 Å². The molecule has 0 radical (unpaired) electrons. The first-order valence-electron chi connectivity index (χ1n) is 11.3. The van der Waals surface area contributed by atoms with Gasteiger partial charge in [0.25, 0.3) is 0 Å². The van der Waals surface area contributed by atoms with Gasteiger partial charge < -0.3 is 15.0 Å². The zero-order chi connectivity index (χ0) is 22.8.